The zero-order chi connectivity index (χ0) is 19.0. The van der Waals surface area contributed by atoms with Gasteiger partial charge in [-0.2, -0.15) is 9.50 Å². The Morgan fingerprint density at radius 3 is 2.63 bits per heavy atom. The Kier molecular flexibility index (Phi) is 4.33. The Bertz CT molecular complexity index is 1250. The summed E-state index contributed by atoms with van der Waals surface area (Å²) in [6.45, 7) is 0. The lowest BCUT2D eigenvalue weighted by molar-refractivity contribution is 0.355. The minimum absolute atomic E-state index is 0.293. The molecule has 4 aromatic rings. The summed E-state index contributed by atoms with van der Waals surface area (Å²) in [6, 6.07) is 11.3. The summed E-state index contributed by atoms with van der Waals surface area (Å²) in [5, 5.41) is 4.31. The highest BCUT2D eigenvalue weighted by Gasteiger charge is 2.14. The van der Waals surface area contributed by atoms with Crippen molar-refractivity contribution in [3.05, 3.63) is 68.7 Å². The monoisotopic (exact) mass is 383 g/mol. The van der Waals surface area contributed by atoms with E-state index in [1.165, 1.54) is 28.0 Å². The fourth-order valence-corrected chi connectivity index (χ4v) is 3.59. The van der Waals surface area contributed by atoms with Crippen LogP contribution >= 0.6 is 11.3 Å². The molecule has 0 atom stereocenters. The van der Waals surface area contributed by atoms with Gasteiger partial charge >= 0.3 is 0 Å². The maximum Gasteiger partial charge on any atom is 0.291 e. The van der Waals surface area contributed by atoms with Crippen molar-refractivity contribution in [2.24, 2.45) is 0 Å². The molecular weight excluding hydrogens is 369 g/mol. The van der Waals surface area contributed by atoms with Crippen molar-refractivity contribution in [3.63, 3.8) is 0 Å². The van der Waals surface area contributed by atoms with Gasteiger partial charge in [0.05, 0.1) is 18.8 Å². The zero-order valence-corrected chi connectivity index (χ0v) is 15.3. The standard InChI is InChI=1S/C19H14FN3O3S/c1-25-14-7-6-12(10-15(14)26-2)17-21-19-23(22-17)18(24)16(27-19)9-11-4-3-5-13(20)8-11/h3-10H,1-2H3/b16-9+. The third-order valence-electron chi connectivity index (χ3n) is 3.97. The van der Waals surface area contributed by atoms with E-state index < -0.39 is 0 Å². The summed E-state index contributed by atoms with van der Waals surface area (Å²) in [5.74, 6) is 1.21. The molecule has 2 aromatic carbocycles. The van der Waals surface area contributed by atoms with Gasteiger partial charge in [-0.3, -0.25) is 4.79 Å². The molecule has 0 aliphatic carbocycles. The molecule has 0 spiro atoms. The molecule has 0 saturated carbocycles. The highest BCUT2D eigenvalue weighted by atomic mass is 32.1. The van der Waals surface area contributed by atoms with E-state index in [4.69, 9.17) is 9.47 Å². The van der Waals surface area contributed by atoms with Crippen LogP contribution in [0.25, 0.3) is 22.4 Å². The highest BCUT2D eigenvalue weighted by molar-refractivity contribution is 7.15. The molecule has 4 rings (SSSR count). The Morgan fingerprint density at radius 2 is 1.93 bits per heavy atom. The molecule has 2 heterocycles. The average molecular weight is 383 g/mol. The lowest BCUT2D eigenvalue weighted by atomic mass is 10.2. The first-order valence-electron chi connectivity index (χ1n) is 7.98. The number of halogens is 1. The Balaban J connectivity index is 1.78. The molecule has 0 N–H and O–H groups in total. The van der Waals surface area contributed by atoms with Crippen LogP contribution in [0.15, 0.2) is 47.3 Å². The third-order valence-corrected chi connectivity index (χ3v) is 4.93. The number of ether oxygens (including phenoxy) is 2. The van der Waals surface area contributed by atoms with E-state index >= 15 is 0 Å². The van der Waals surface area contributed by atoms with E-state index in [9.17, 15) is 9.18 Å². The van der Waals surface area contributed by atoms with Crippen molar-refractivity contribution in [1.29, 1.82) is 0 Å². The Hall–Kier alpha value is -3.26. The van der Waals surface area contributed by atoms with Gasteiger partial charge in [0, 0.05) is 5.56 Å². The van der Waals surface area contributed by atoms with Gasteiger partial charge in [-0.25, -0.2) is 4.39 Å². The van der Waals surface area contributed by atoms with Crippen LogP contribution in [0.1, 0.15) is 5.56 Å². The van der Waals surface area contributed by atoms with E-state index in [0.717, 1.165) is 0 Å². The van der Waals surface area contributed by atoms with Crippen molar-refractivity contribution in [1.82, 2.24) is 14.6 Å². The van der Waals surface area contributed by atoms with Gasteiger partial charge in [-0.1, -0.05) is 23.5 Å². The van der Waals surface area contributed by atoms with Crippen LogP contribution in [0, 0.1) is 5.82 Å². The Labute approximate surface area is 157 Å². The first kappa shape index (κ1) is 17.2. The SMILES string of the molecule is COc1ccc(-c2nc3s/c(=C/c4cccc(F)c4)c(=O)n3n2)cc1OC. The molecule has 6 nitrogen and oxygen atoms in total. The summed E-state index contributed by atoms with van der Waals surface area (Å²) in [5.41, 5.74) is 1.02. The number of benzene rings is 2. The Morgan fingerprint density at radius 1 is 1.11 bits per heavy atom. The quantitative estimate of drug-likeness (QED) is 0.542. The van der Waals surface area contributed by atoms with Gasteiger partial charge in [-0.05, 0) is 42.0 Å². The van der Waals surface area contributed by atoms with Gasteiger partial charge in [0.15, 0.2) is 17.3 Å². The van der Waals surface area contributed by atoms with Crippen LogP contribution in [-0.4, -0.2) is 28.8 Å². The minimum atomic E-state index is -0.355. The summed E-state index contributed by atoms with van der Waals surface area (Å²) in [6.07, 6.45) is 1.63. The molecule has 136 valence electrons. The molecule has 0 fully saturated rings. The lowest BCUT2D eigenvalue weighted by Gasteiger charge is -2.07. The largest absolute Gasteiger partial charge is 0.493 e. The number of methoxy groups -OCH3 is 2. The van der Waals surface area contributed by atoms with Gasteiger partial charge in [0.1, 0.15) is 5.82 Å². The number of hydrogen-bond donors (Lipinski definition) is 0. The topological polar surface area (TPSA) is 65.7 Å². The third kappa shape index (κ3) is 3.15. The lowest BCUT2D eigenvalue weighted by Crippen LogP contribution is -2.23. The van der Waals surface area contributed by atoms with Crippen molar-refractivity contribution < 1.29 is 13.9 Å². The van der Waals surface area contributed by atoms with Gasteiger partial charge in [-0.15, -0.1) is 5.10 Å². The van der Waals surface area contributed by atoms with E-state index in [1.807, 2.05) is 0 Å². The molecule has 0 amide bonds. The van der Waals surface area contributed by atoms with Crippen molar-refractivity contribution in [2.45, 2.75) is 0 Å². The maximum atomic E-state index is 13.3. The second kappa shape index (κ2) is 6.81. The first-order valence-corrected chi connectivity index (χ1v) is 8.80. The molecule has 8 heteroatoms. The van der Waals surface area contributed by atoms with Gasteiger partial charge < -0.3 is 9.47 Å². The minimum Gasteiger partial charge on any atom is -0.493 e. The summed E-state index contributed by atoms with van der Waals surface area (Å²) in [4.78, 5) is 17.5. The first-order chi connectivity index (χ1) is 13.1. The zero-order valence-electron chi connectivity index (χ0n) is 14.5. The number of hydrogen-bond acceptors (Lipinski definition) is 6. The number of aromatic nitrogens is 3. The van der Waals surface area contributed by atoms with E-state index in [0.29, 0.717) is 37.9 Å². The summed E-state index contributed by atoms with van der Waals surface area (Å²) >= 11 is 1.20. The van der Waals surface area contributed by atoms with Crippen LogP contribution in [0.3, 0.4) is 0 Å². The molecule has 0 aliphatic rings. The summed E-state index contributed by atoms with van der Waals surface area (Å²) in [7, 11) is 3.10. The van der Waals surface area contributed by atoms with Crippen LogP contribution in [0.5, 0.6) is 11.5 Å². The van der Waals surface area contributed by atoms with Crippen LogP contribution in [0.2, 0.25) is 0 Å². The van der Waals surface area contributed by atoms with E-state index in [1.54, 1.807) is 50.6 Å². The fourth-order valence-electron chi connectivity index (χ4n) is 2.68. The van der Waals surface area contributed by atoms with Crippen LogP contribution in [0.4, 0.5) is 4.39 Å². The van der Waals surface area contributed by atoms with E-state index in [-0.39, 0.29) is 11.4 Å². The molecular formula is C19H14FN3O3S. The van der Waals surface area contributed by atoms with Crippen LogP contribution < -0.4 is 19.6 Å². The highest BCUT2D eigenvalue weighted by Crippen LogP contribution is 2.31. The van der Waals surface area contributed by atoms with Gasteiger partial charge in [0.2, 0.25) is 4.96 Å². The average Bonchev–Trinajstić information content (AvgIpc) is 3.21. The molecule has 27 heavy (non-hydrogen) atoms. The molecule has 0 bridgehead atoms. The molecule has 0 unspecified atom stereocenters. The predicted molar refractivity (Wildman–Crippen MR) is 101 cm³/mol. The number of fused-ring (bicyclic) bond motifs is 1. The second-order valence-corrected chi connectivity index (χ2v) is 6.68. The number of rotatable bonds is 4. The fraction of sp³-hybridized carbons (Fsp3) is 0.105. The van der Waals surface area contributed by atoms with Crippen molar-refractivity contribution in [2.75, 3.05) is 14.2 Å². The smallest absolute Gasteiger partial charge is 0.291 e. The summed E-state index contributed by atoms with van der Waals surface area (Å²) < 4.78 is 25.5. The molecule has 2 aromatic heterocycles. The van der Waals surface area contributed by atoms with Crippen LogP contribution in [-0.2, 0) is 0 Å². The number of nitrogens with zero attached hydrogens (tertiary/aromatic N) is 3. The van der Waals surface area contributed by atoms with Gasteiger partial charge in [0.25, 0.3) is 5.56 Å². The number of thiazole rings is 1. The molecule has 0 radical (unpaired) electrons. The van der Waals surface area contributed by atoms with E-state index in [2.05, 4.69) is 10.1 Å². The maximum absolute atomic E-state index is 13.3. The molecule has 0 aliphatic heterocycles. The van der Waals surface area contributed by atoms with Crippen molar-refractivity contribution >= 4 is 22.4 Å². The normalized spacial score (nSPS) is 11.9. The predicted octanol–water partition coefficient (Wildman–Crippen LogP) is 2.52. The van der Waals surface area contributed by atoms with Crippen molar-refractivity contribution in [3.8, 4) is 22.9 Å². The molecule has 0 saturated heterocycles. The second-order valence-electron chi connectivity index (χ2n) is 5.67.